The van der Waals surface area contributed by atoms with Crippen molar-refractivity contribution >= 4 is 12.6 Å². The number of nitrogens with zero attached hydrogens (tertiary/aromatic N) is 1. The van der Waals surface area contributed by atoms with Gasteiger partial charge in [-0.1, -0.05) is 33.4 Å². The second kappa shape index (κ2) is 6.17. The lowest BCUT2D eigenvalue weighted by Crippen LogP contribution is -2.35. The van der Waals surface area contributed by atoms with E-state index in [4.69, 9.17) is 0 Å². The van der Waals surface area contributed by atoms with E-state index < -0.39 is 0 Å². The Balaban J connectivity index is 3.99. The number of carbonyl (C=O) groups excluding carboxylic acids is 1. The van der Waals surface area contributed by atoms with Gasteiger partial charge in [-0.3, -0.25) is 9.79 Å². The fourth-order valence-electron chi connectivity index (χ4n) is 0.920. The Morgan fingerprint density at radius 2 is 2.07 bits per heavy atom. The molecule has 3 heteroatoms. The highest BCUT2D eigenvalue weighted by molar-refractivity contribution is 5.81. The van der Waals surface area contributed by atoms with E-state index in [0.29, 0.717) is 13.0 Å². The molecule has 1 amide bonds. The number of amides is 1. The van der Waals surface area contributed by atoms with Crippen molar-refractivity contribution in [3.05, 3.63) is 24.4 Å². The summed E-state index contributed by atoms with van der Waals surface area (Å²) in [6.07, 6.45) is 4.13. The van der Waals surface area contributed by atoms with Crippen LogP contribution in [-0.2, 0) is 4.79 Å². The zero-order chi connectivity index (χ0) is 11.9. The van der Waals surface area contributed by atoms with Gasteiger partial charge in [0.2, 0.25) is 5.91 Å². The third kappa shape index (κ3) is 5.83. The van der Waals surface area contributed by atoms with Gasteiger partial charge in [0.15, 0.2) is 0 Å². The predicted octanol–water partition coefficient (Wildman–Crippen LogP) is 2.31. The Hall–Kier alpha value is -1.38. The molecule has 0 aromatic carbocycles. The summed E-state index contributed by atoms with van der Waals surface area (Å²) in [6, 6.07) is 0. The molecule has 0 saturated heterocycles. The number of allylic oxidation sites excluding steroid dienone is 2. The van der Waals surface area contributed by atoms with Crippen LogP contribution in [0, 0.1) is 5.41 Å². The van der Waals surface area contributed by atoms with Crippen LogP contribution >= 0.6 is 0 Å². The first kappa shape index (κ1) is 13.6. The van der Waals surface area contributed by atoms with E-state index in [1.807, 2.05) is 20.8 Å². The number of nitrogens with one attached hydrogen (secondary N) is 1. The van der Waals surface area contributed by atoms with Crippen molar-refractivity contribution < 1.29 is 4.79 Å². The molecule has 0 rings (SSSR count). The molecule has 0 atom stereocenters. The molecule has 1 N–H and O–H groups in total. The summed E-state index contributed by atoms with van der Waals surface area (Å²) < 4.78 is 0. The first-order valence-electron chi connectivity index (χ1n) is 4.98. The molecule has 15 heavy (non-hydrogen) atoms. The first-order valence-corrected chi connectivity index (χ1v) is 4.98. The molecule has 0 aliphatic carbocycles. The second-order valence-corrected chi connectivity index (χ2v) is 4.31. The summed E-state index contributed by atoms with van der Waals surface area (Å²) in [6.45, 7) is 13.3. The van der Waals surface area contributed by atoms with Gasteiger partial charge in [0.1, 0.15) is 0 Å². The summed E-state index contributed by atoms with van der Waals surface area (Å²) in [4.78, 5) is 15.3. The smallest absolute Gasteiger partial charge is 0.225 e. The van der Waals surface area contributed by atoms with Crippen LogP contribution in [0.3, 0.4) is 0 Å². The molecule has 0 heterocycles. The van der Waals surface area contributed by atoms with Crippen LogP contribution in [0.5, 0.6) is 0 Å². The van der Waals surface area contributed by atoms with Gasteiger partial charge in [0.05, 0.1) is 0 Å². The summed E-state index contributed by atoms with van der Waals surface area (Å²) in [5.41, 5.74) is 0.489. The standard InChI is InChI=1S/C12H20N2O/c1-6-7-10(13-5)8-9-14-11(15)12(2,3)4/h6-7H,1,5,8-9H2,2-4H3,(H,14,15)/b10-7-. The van der Waals surface area contributed by atoms with Crippen molar-refractivity contribution in [2.45, 2.75) is 27.2 Å². The van der Waals surface area contributed by atoms with Gasteiger partial charge in [0.25, 0.3) is 0 Å². The van der Waals surface area contributed by atoms with Gasteiger partial charge < -0.3 is 5.32 Å². The fourth-order valence-corrected chi connectivity index (χ4v) is 0.920. The quantitative estimate of drug-likeness (QED) is 0.546. The highest BCUT2D eigenvalue weighted by Crippen LogP contribution is 2.12. The molecule has 0 aromatic heterocycles. The number of hydrogen-bond acceptors (Lipinski definition) is 2. The Morgan fingerprint density at radius 1 is 1.47 bits per heavy atom. The van der Waals surface area contributed by atoms with Gasteiger partial charge in [-0.05, 0) is 12.8 Å². The van der Waals surface area contributed by atoms with Crippen LogP contribution in [0.15, 0.2) is 29.4 Å². The monoisotopic (exact) mass is 208 g/mol. The van der Waals surface area contributed by atoms with Crippen LogP contribution < -0.4 is 5.32 Å². The highest BCUT2D eigenvalue weighted by atomic mass is 16.2. The Kier molecular flexibility index (Phi) is 5.60. The Bertz CT molecular complexity index is 272. The van der Waals surface area contributed by atoms with Crippen molar-refractivity contribution in [2.75, 3.05) is 6.54 Å². The molecule has 84 valence electrons. The van der Waals surface area contributed by atoms with Crippen molar-refractivity contribution in [3.8, 4) is 0 Å². The lowest BCUT2D eigenvalue weighted by molar-refractivity contribution is -0.128. The summed E-state index contributed by atoms with van der Waals surface area (Å²) in [5, 5.41) is 2.84. The van der Waals surface area contributed by atoms with Gasteiger partial charge in [-0.2, -0.15) is 0 Å². The lowest BCUT2D eigenvalue weighted by Gasteiger charge is -2.17. The SMILES string of the molecule is C=C/C=C(/CCNC(=O)C(C)(C)C)N=C. The molecule has 0 spiro atoms. The number of hydrogen-bond donors (Lipinski definition) is 1. The molecule has 0 bridgehead atoms. The summed E-state index contributed by atoms with van der Waals surface area (Å²) in [5.74, 6) is 0.0458. The van der Waals surface area contributed by atoms with Crippen LogP contribution in [0.1, 0.15) is 27.2 Å². The third-order valence-electron chi connectivity index (χ3n) is 1.86. The van der Waals surface area contributed by atoms with E-state index in [0.717, 1.165) is 5.70 Å². The number of carbonyl (C=O) groups is 1. The minimum absolute atomic E-state index is 0.0458. The predicted molar refractivity (Wildman–Crippen MR) is 64.9 cm³/mol. The van der Waals surface area contributed by atoms with Gasteiger partial charge in [0, 0.05) is 24.1 Å². The maximum atomic E-state index is 11.5. The highest BCUT2D eigenvalue weighted by Gasteiger charge is 2.20. The first-order chi connectivity index (χ1) is 6.91. The summed E-state index contributed by atoms with van der Waals surface area (Å²) in [7, 11) is 0. The topological polar surface area (TPSA) is 41.5 Å². The van der Waals surface area contributed by atoms with E-state index in [9.17, 15) is 4.79 Å². The van der Waals surface area contributed by atoms with Crippen molar-refractivity contribution in [1.82, 2.24) is 5.32 Å². The van der Waals surface area contributed by atoms with Crippen molar-refractivity contribution in [2.24, 2.45) is 10.4 Å². The molecular weight excluding hydrogens is 188 g/mol. The average molecular weight is 208 g/mol. The molecule has 0 unspecified atom stereocenters. The van der Waals surface area contributed by atoms with E-state index in [1.54, 1.807) is 12.2 Å². The molecule has 0 fully saturated rings. The van der Waals surface area contributed by atoms with E-state index in [-0.39, 0.29) is 11.3 Å². The van der Waals surface area contributed by atoms with Crippen molar-refractivity contribution in [3.63, 3.8) is 0 Å². The average Bonchev–Trinajstić information content (AvgIpc) is 2.14. The van der Waals surface area contributed by atoms with Crippen LogP contribution in [-0.4, -0.2) is 19.2 Å². The molecule has 0 aromatic rings. The maximum absolute atomic E-state index is 11.5. The molecule has 0 aliphatic rings. The fraction of sp³-hybridized carbons (Fsp3) is 0.500. The Labute approximate surface area is 92.0 Å². The molecule has 0 aliphatic heterocycles. The van der Waals surface area contributed by atoms with Gasteiger partial charge in [-0.15, -0.1) is 0 Å². The zero-order valence-electron chi connectivity index (χ0n) is 9.84. The van der Waals surface area contributed by atoms with Crippen LogP contribution in [0.4, 0.5) is 0 Å². The largest absolute Gasteiger partial charge is 0.355 e. The van der Waals surface area contributed by atoms with E-state index in [1.165, 1.54) is 0 Å². The maximum Gasteiger partial charge on any atom is 0.225 e. The van der Waals surface area contributed by atoms with Crippen molar-refractivity contribution in [1.29, 1.82) is 0 Å². The molecule has 0 radical (unpaired) electrons. The molecule has 0 saturated carbocycles. The number of aliphatic imine (C=N–C) groups is 1. The van der Waals surface area contributed by atoms with E-state index >= 15 is 0 Å². The zero-order valence-corrected chi connectivity index (χ0v) is 9.84. The minimum Gasteiger partial charge on any atom is -0.355 e. The van der Waals surface area contributed by atoms with Crippen LogP contribution in [0.2, 0.25) is 0 Å². The normalized spacial score (nSPS) is 12.1. The van der Waals surface area contributed by atoms with Crippen LogP contribution in [0.25, 0.3) is 0 Å². The van der Waals surface area contributed by atoms with Gasteiger partial charge >= 0.3 is 0 Å². The third-order valence-corrected chi connectivity index (χ3v) is 1.86. The van der Waals surface area contributed by atoms with Gasteiger partial charge in [-0.25, -0.2) is 0 Å². The molecular formula is C12H20N2O. The Morgan fingerprint density at radius 3 is 2.47 bits per heavy atom. The second-order valence-electron chi connectivity index (χ2n) is 4.31. The molecule has 3 nitrogen and oxygen atoms in total. The number of rotatable bonds is 5. The lowest BCUT2D eigenvalue weighted by atomic mass is 9.96. The minimum atomic E-state index is -0.343. The van der Waals surface area contributed by atoms with E-state index in [2.05, 4.69) is 23.6 Å². The summed E-state index contributed by atoms with van der Waals surface area (Å²) >= 11 is 0.